The topological polar surface area (TPSA) is 70.6 Å². The van der Waals surface area contributed by atoms with Crippen LogP contribution in [0.4, 0.5) is 10.6 Å². The van der Waals surface area contributed by atoms with Crippen LogP contribution < -0.4 is 15.0 Å². The van der Waals surface area contributed by atoms with Crippen LogP contribution in [0.25, 0.3) is 0 Å². The Bertz CT molecular complexity index is 489. The zero-order chi connectivity index (χ0) is 16.1. The third kappa shape index (κ3) is 4.47. The molecule has 7 heteroatoms. The van der Waals surface area contributed by atoms with Crippen LogP contribution in [0.3, 0.4) is 0 Å². The van der Waals surface area contributed by atoms with Crippen LogP contribution in [0.1, 0.15) is 26.7 Å². The highest BCUT2D eigenvalue weighted by Crippen LogP contribution is 2.17. The number of hydrogen-bond acceptors (Lipinski definition) is 5. The molecule has 7 nitrogen and oxygen atoms in total. The van der Waals surface area contributed by atoms with Gasteiger partial charge in [-0.05, 0) is 32.8 Å². The van der Waals surface area contributed by atoms with Crippen molar-refractivity contribution in [3.8, 4) is 5.88 Å². The van der Waals surface area contributed by atoms with Gasteiger partial charge in [0.05, 0.1) is 6.54 Å². The number of carbonyl (C=O) groups excluding carboxylic acids is 1. The van der Waals surface area contributed by atoms with Crippen molar-refractivity contribution in [1.29, 1.82) is 0 Å². The van der Waals surface area contributed by atoms with Gasteiger partial charge in [-0.3, -0.25) is 0 Å². The number of nitrogens with zero attached hydrogens (tertiary/aromatic N) is 4. The number of likely N-dealkylation sites (tertiary alicyclic amines) is 1. The van der Waals surface area contributed by atoms with Crippen LogP contribution in [0.2, 0.25) is 0 Å². The van der Waals surface area contributed by atoms with Crippen LogP contribution >= 0.6 is 0 Å². The lowest BCUT2D eigenvalue weighted by atomic mass is 10.1. The van der Waals surface area contributed by atoms with Gasteiger partial charge in [0.2, 0.25) is 5.88 Å². The maximum atomic E-state index is 12.1. The van der Waals surface area contributed by atoms with Crippen LogP contribution in [0.15, 0.2) is 12.1 Å². The first-order chi connectivity index (χ1) is 10.5. The third-order valence-corrected chi connectivity index (χ3v) is 3.45. The molecule has 2 heterocycles. The second-order valence-electron chi connectivity index (χ2n) is 6.06. The lowest BCUT2D eigenvalue weighted by Gasteiger charge is -2.33. The van der Waals surface area contributed by atoms with Crippen molar-refractivity contribution < 1.29 is 9.53 Å². The minimum absolute atomic E-state index is 0.0302. The number of nitrogens with one attached hydrogen (secondary N) is 1. The van der Waals surface area contributed by atoms with Crippen molar-refractivity contribution in [2.24, 2.45) is 0 Å². The van der Waals surface area contributed by atoms with Crippen LogP contribution in [0, 0.1) is 0 Å². The molecule has 1 fully saturated rings. The zero-order valence-electron chi connectivity index (χ0n) is 13.7. The van der Waals surface area contributed by atoms with Crippen LogP contribution in [0.5, 0.6) is 5.88 Å². The highest BCUT2D eigenvalue weighted by molar-refractivity contribution is 5.74. The van der Waals surface area contributed by atoms with E-state index in [-0.39, 0.29) is 18.2 Å². The Morgan fingerprint density at radius 1 is 1.41 bits per heavy atom. The summed E-state index contributed by atoms with van der Waals surface area (Å²) in [5.74, 6) is 1.29. The number of carbonyl (C=O) groups is 1. The maximum Gasteiger partial charge on any atom is 0.317 e. The van der Waals surface area contributed by atoms with Crippen LogP contribution in [-0.2, 0) is 0 Å². The van der Waals surface area contributed by atoms with E-state index in [0.29, 0.717) is 12.4 Å². The number of rotatable bonds is 4. The fraction of sp³-hybridized carbons (Fsp3) is 0.667. The van der Waals surface area contributed by atoms with Crippen molar-refractivity contribution >= 4 is 11.8 Å². The molecular weight excluding hydrogens is 282 g/mol. The van der Waals surface area contributed by atoms with E-state index in [1.54, 1.807) is 4.90 Å². The van der Waals surface area contributed by atoms with E-state index < -0.39 is 0 Å². The van der Waals surface area contributed by atoms with Crippen molar-refractivity contribution in [3.63, 3.8) is 0 Å². The lowest BCUT2D eigenvalue weighted by Crippen LogP contribution is -2.50. The summed E-state index contributed by atoms with van der Waals surface area (Å²) in [6, 6.07) is 3.79. The summed E-state index contributed by atoms with van der Waals surface area (Å²) in [4.78, 5) is 15.7. The molecule has 1 atom stereocenters. The number of aromatic nitrogens is 2. The van der Waals surface area contributed by atoms with E-state index in [4.69, 9.17) is 4.74 Å². The maximum absolute atomic E-state index is 12.1. The molecule has 2 amide bonds. The number of amides is 2. The number of piperidine rings is 1. The van der Waals surface area contributed by atoms with Gasteiger partial charge < -0.3 is 19.9 Å². The molecule has 1 N–H and O–H groups in total. The van der Waals surface area contributed by atoms with Crippen molar-refractivity contribution in [2.45, 2.75) is 38.8 Å². The van der Waals surface area contributed by atoms with Gasteiger partial charge in [-0.25, -0.2) is 4.79 Å². The second kappa shape index (κ2) is 7.29. The van der Waals surface area contributed by atoms with Crippen molar-refractivity contribution in [2.75, 3.05) is 32.1 Å². The minimum Gasteiger partial charge on any atom is -0.471 e. The first kappa shape index (κ1) is 16.3. The van der Waals surface area contributed by atoms with Crippen LogP contribution in [-0.4, -0.2) is 60.5 Å². The van der Waals surface area contributed by atoms with Gasteiger partial charge in [-0.1, -0.05) is 0 Å². The van der Waals surface area contributed by atoms with Gasteiger partial charge in [0, 0.05) is 32.7 Å². The highest BCUT2D eigenvalue weighted by atomic mass is 16.5. The highest BCUT2D eigenvalue weighted by Gasteiger charge is 2.25. The van der Waals surface area contributed by atoms with E-state index >= 15 is 0 Å². The summed E-state index contributed by atoms with van der Waals surface area (Å²) in [7, 11) is 3.83. The van der Waals surface area contributed by atoms with Gasteiger partial charge in [0.25, 0.3) is 0 Å². The Balaban J connectivity index is 1.91. The average Bonchev–Trinajstić information content (AvgIpc) is 2.47. The van der Waals surface area contributed by atoms with E-state index in [1.807, 2.05) is 45.0 Å². The molecule has 0 spiro atoms. The Kier molecular flexibility index (Phi) is 5.41. The predicted molar refractivity (Wildman–Crippen MR) is 85.2 cm³/mol. The first-order valence-electron chi connectivity index (χ1n) is 7.69. The molecule has 122 valence electrons. The molecule has 1 aromatic rings. The molecule has 0 aromatic carbocycles. The van der Waals surface area contributed by atoms with Crippen molar-refractivity contribution in [3.05, 3.63) is 12.1 Å². The van der Waals surface area contributed by atoms with E-state index in [9.17, 15) is 4.79 Å². The first-order valence-corrected chi connectivity index (χ1v) is 7.69. The molecule has 0 bridgehead atoms. The number of ether oxygens (including phenoxy) is 1. The molecule has 0 saturated carbocycles. The van der Waals surface area contributed by atoms with Gasteiger partial charge in [0.15, 0.2) is 5.82 Å². The normalized spacial score (nSPS) is 18.2. The molecular formula is C15H25N5O2. The Labute approximate surface area is 131 Å². The molecule has 22 heavy (non-hydrogen) atoms. The summed E-state index contributed by atoms with van der Waals surface area (Å²) in [5, 5.41) is 11.1. The summed E-state index contributed by atoms with van der Waals surface area (Å²) in [6.45, 7) is 5.26. The van der Waals surface area contributed by atoms with Gasteiger partial charge >= 0.3 is 6.03 Å². The number of hydrogen-bond donors (Lipinski definition) is 1. The number of urea groups is 1. The summed E-state index contributed by atoms with van der Waals surface area (Å²) in [5.41, 5.74) is 0. The average molecular weight is 307 g/mol. The molecule has 1 aromatic heterocycles. The second-order valence-corrected chi connectivity index (χ2v) is 6.06. The van der Waals surface area contributed by atoms with E-state index in [1.165, 1.54) is 0 Å². The summed E-state index contributed by atoms with van der Waals surface area (Å²) in [6.07, 6.45) is 1.81. The predicted octanol–water partition coefficient (Wildman–Crippen LogP) is 1.50. The summed E-state index contributed by atoms with van der Waals surface area (Å²) < 4.78 is 5.86. The molecule has 2 rings (SSSR count). The SMILES string of the molecule is CC(C)NC(=O)N1CCCC(Oc2ccc(N(C)C)nn2)C1. The largest absolute Gasteiger partial charge is 0.471 e. The monoisotopic (exact) mass is 307 g/mol. The van der Waals surface area contributed by atoms with E-state index in [2.05, 4.69) is 15.5 Å². The number of anilines is 1. The fourth-order valence-electron chi connectivity index (χ4n) is 2.34. The van der Waals surface area contributed by atoms with Gasteiger partial charge in [-0.2, -0.15) is 0 Å². The standard InChI is InChI=1S/C15H25N5O2/c1-11(2)16-15(21)20-9-5-6-12(10-20)22-14-8-7-13(17-18-14)19(3)4/h7-8,11-12H,5-6,9-10H2,1-4H3,(H,16,21). The molecule has 1 unspecified atom stereocenters. The quantitative estimate of drug-likeness (QED) is 0.913. The Morgan fingerprint density at radius 3 is 2.77 bits per heavy atom. The summed E-state index contributed by atoms with van der Waals surface area (Å²) >= 11 is 0. The van der Waals surface area contributed by atoms with Crippen molar-refractivity contribution in [1.82, 2.24) is 20.4 Å². The van der Waals surface area contributed by atoms with Gasteiger partial charge in [-0.15, -0.1) is 10.2 Å². The molecule has 1 aliphatic rings. The fourth-order valence-corrected chi connectivity index (χ4v) is 2.34. The minimum atomic E-state index is -0.0360. The zero-order valence-corrected chi connectivity index (χ0v) is 13.7. The van der Waals surface area contributed by atoms with Gasteiger partial charge in [0.1, 0.15) is 6.10 Å². The Hall–Kier alpha value is -2.05. The molecule has 0 aliphatic carbocycles. The molecule has 1 aliphatic heterocycles. The third-order valence-electron chi connectivity index (χ3n) is 3.45. The van der Waals surface area contributed by atoms with E-state index in [0.717, 1.165) is 25.2 Å². The smallest absolute Gasteiger partial charge is 0.317 e. The molecule has 1 saturated heterocycles. The Morgan fingerprint density at radius 2 is 2.18 bits per heavy atom. The lowest BCUT2D eigenvalue weighted by molar-refractivity contribution is 0.0963. The molecule has 0 radical (unpaired) electrons.